The highest BCUT2D eigenvalue weighted by molar-refractivity contribution is 7.12. The highest BCUT2D eigenvalue weighted by Crippen LogP contribution is 2.26. The molecule has 0 fully saturated rings. The molecule has 29 heavy (non-hydrogen) atoms. The van der Waals surface area contributed by atoms with E-state index in [0.717, 1.165) is 22.5 Å². The fourth-order valence-electron chi connectivity index (χ4n) is 2.75. The molecule has 0 atom stereocenters. The number of nitrogens with zero attached hydrogens (tertiary/aromatic N) is 3. The second-order valence-electron chi connectivity index (χ2n) is 6.34. The summed E-state index contributed by atoms with van der Waals surface area (Å²) in [7, 11) is 0. The molecule has 4 rings (SSSR count). The van der Waals surface area contributed by atoms with Crippen LogP contribution in [0.2, 0.25) is 0 Å². The zero-order chi connectivity index (χ0) is 20.2. The van der Waals surface area contributed by atoms with E-state index in [-0.39, 0.29) is 11.7 Å². The minimum Gasteiger partial charge on any atom is -0.307 e. The predicted molar refractivity (Wildman–Crippen MR) is 113 cm³/mol. The van der Waals surface area contributed by atoms with Crippen molar-refractivity contribution in [3.63, 3.8) is 0 Å². The van der Waals surface area contributed by atoms with Crippen molar-refractivity contribution < 1.29 is 9.18 Å². The lowest BCUT2D eigenvalue weighted by molar-refractivity contribution is -0.111. The third-order valence-electron chi connectivity index (χ3n) is 4.12. The molecular formula is C22H17FN4OS. The van der Waals surface area contributed by atoms with Crippen molar-refractivity contribution in [3.8, 4) is 16.4 Å². The third-order valence-corrected chi connectivity index (χ3v) is 4.94. The maximum absolute atomic E-state index is 13.1. The van der Waals surface area contributed by atoms with Crippen molar-refractivity contribution in [3.05, 3.63) is 89.2 Å². The predicted octanol–water partition coefficient (Wildman–Crippen LogP) is 5.10. The molecule has 0 bridgehead atoms. The van der Waals surface area contributed by atoms with E-state index in [0.29, 0.717) is 10.9 Å². The molecule has 0 spiro atoms. The van der Waals surface area contributed by atoms with Crippen LogP contribution < -0.4 is 5.32 Å². The minimum atomic E-state index is -0.291. The van der Waals surface area contributed by atoms with Crippen LogP contribution in [0, 0.1) is 12.7 Å². The smallest absolute Gasteiger partial charge is 0.249 e. The second kappa shape index (κ2) is 8.20. The first-order valence-corrected chi connectivity index (χ1v) is 9.79. The lowest BCUT2D eigenvalue weighted by Gasteiger charge is -2.04. The minimum absolute atomic E-state index is 0.259. The molecule has 0 saturated carbocycles. The van der Waals surface area contributed by atoms with Crippen LogP contribution in [0.15, 0.2) is 72.1 Å². The van der Waals surface area contributed by atoms with Crippen LogP contribution in [-0.2, 0) is 4.79 Å². The van der Waals surface area contributed by atoms with Crippen molar-refractivity contribution in [2.45, 2.75) is 6.92 Å². The average Bonchev–Trinajstić information content (AvgIpc) is 3.34. The Kier molecular flexibility index (Phi) is 5.31. The maximum Gasteiger partial charge on any atom is 0.249 e. The molecule has 4 aromatic rings. The average molecular weight is 404 g/mol. The molecule has 0 unspecified atom stereocenters. The highest BCUT2D eigenvalue weighted by atomic mass is 32.1. The number of aromatic nitrogens is 3. The van der Waals surface area contributed by atoms with Gasteiger partial charge in [-0.1, -0.05) is 30.3 Å². The van der Waals surface area contributed by atoms with Crippen LogP contribution >= 0.6 is 11.3 Å². The van der Waals surface area contributed by atoms with Crippen LogP contribution in [0.25, 0.3) is 22.5 Å². The molecule has 1 N–H and O–H groups in total. The SMILES string of the molecule is Cc1cc(NC(=O)/C=C\c2ccccc2)n(-c2nc(-c3ccc(F)cc3)cs2)n1. The number of thiazole rings is 1. The van der Waals surface area contributed by atoms with E-state index < -0.39 is 0 Å². The highest BCUT2D eigenvalue weighted by Gasteiger charge is 2.13. The van der Waals surface area contributed by atoms with E-state index >= 15 is 0 Å². The largest absolute Gasteiger partial charge is 0.307 e. The van der Waals surface area contributed by atoms with Crippen LogP contribution in [-0.4, -0.2) is 20.7 Å². The number of halogens is 1. The molecule has 0 aliphatic carbocycles. The Morgan fingerprint density at radius 2 is 1.90 bits per heavy atom. The first kappa shape index (κ1) is 18.8. The van der Waals surface area contributed by atoms with E-state index in [1.807, 2.05) is 42.6 Å². The molecule has 0 aliphatic rings. The van der Waals surface area contributed by atoms with Gasteiger partial charge in [-0.25, -0.2) is 9.37 Å². The van der Waals surface area contributed by atoms with Crippen LogP contribution in [0.3, 0.4) is 0 Å². The summed E-state index contributed by atoms with van der Waals surface area (Å²) in [5.74, 6) is -0.0176. The molecule has 7 heteroatoms. The van der Waals surface area contributed by atoms with Crippen LogP contribution in [0.4, 0.5) is 10.2 Å². The van der Waals surface area contributed by atoms with Gasteiger partial charge in [-0.15, -0.1) is 11.3 Å². The number of aryl methyl sites for hydroxylation is 1. The number of hydrogen-bond donors (Lipinski definition) is 1. The summed E-state index contributed by atoms with van der Waals surface area (Å²) in [6.07, 6.45) is 3.23. The van der Waals surface area contributed by atoms with Gasteiger partial charge < -0.3 is 5.32 Å². The number of carbonyl (C=O) groups excluding carboxylic acids is 1. The van der Waals surface area contributed by atoms with Gasteiger partial charge in [0.05, 0.1) is 11.4 Å². The van der Waals surface area contributed by atoms with Crippen molar-refractivity contribution in [1.29, 1.82) is 0 Å². The molecular weight excluding hydrogens is 387 g/mol. The van der Waals surface area contributed by atoms with Crippen molar-refractivity contribution >= 4 is 29.1 Å². The Morgan fingerprint density at radius 3 is 2.66 bits per heavy atom. The van der Waals surface area contributed by atoms with Gasteiger partial charge in [-0.3, -0.25) is 4.79 Å². The summed E-state index contributed by atoms with van der Waals surface area (Å²) in [5, 5.41) is 9.77. The molecule has 0 radical (unpaired) electrons. The summed E-state index contributed by atoms with van der Waals surface area (Å²) in [6, 6.07) is 17.5. The summed E-state index contributed by atoms with van der Waals surface area (Å²) in [4.78, 5) is 16.9. The van der Waals surface area contributed by atoms with Gasteiger partial charge >= 0.3 is 0 Å². The maximum atomic E-state index is 13.1. The van der Waals surface area contributed by atoms with E-state index in [1.54, 1.807) is 29.0 Å². The lowest BCUT2D eigenvalue weighted by atomic mass is 10.2. The summed E-state index contributed by atoms with van der Waals surface area (Å²) in [6.45, 7) is 1.85. The number of amides is 1. The summed E-state index contributed by atoms with van der Waals surface area (Å²) in [5.41, 5.74) is 3.23. The fraction of sp³-hybridized carbons (Fsp3) is 0.0455. The second-order valence-corrected chi connectivity index (χ2v) is 7.17. The van der Waals surface area contributed by atoms with Gasteiger partial charge in [-0.2, -0.15) is 9.78 Å². The first-order valence-electron chi connectivity index (χ1n) is 8.91. The van der Waals surface area contributed by atoms with E-state index in [9.17, 15) is 9.18 Å². The molecule has 2 aromatic carbocycles. The number of carbonyl (C=O) groups is 1. The standard InChI is InChI=1S/C22H17FN4OS/c1-15-13-20(25-21(28)12-7-16-5-3-2-4-6-16)27(26-15)22-24-19(14-29-22)17-8-10-18(23)11-9-17/h2-14H,1H3,(H,25,28)/b12-7-. The lowest BCUT2D eigenvalue weighted by Crippen LogP contribution is -2.12. The first-order chi connectivity index (χ1) is 14.1. The number of hydrogen-bond acceptors (Lipinski definition) is 4. The van der Waals surface area contributed by atoms with Crippen molar-refractivity contribution in [2.75, 3.05) is 5.32 Å². The Hall–Kier alpha value is -3.58. The normalized spacial score (nSPS) is 11.1. The van der Waals surface area contributed by atoms with E-state index in [4.69, 9.17) is 0 Å². The molecule has 0 aliphatic heterocycles. The van der Waals surface area contributed by atoms with Gasteiger partial charge in [0.1, 0.15) is 11.6 Å². The van der Waals surface area contributed by atoms with Gasteiger partial charge in [-0.05, 0) is 42.8 Å². The topological polar surface area (TPSA) is 59.8 Å². The van der Waals surface area contributed by atoms with Gasteiger partial charge in [0.25, 0.3) is 0 Å². The monoisotopic (exact) mass is 404 g/mol. The summed E-state index contributed by atoms with van der Waals surface area (Å²) >= 11 is 1.39. The van der Waals surface area contributed by atoms with Crippen molar-refractivity contribution in [1.82, 2.24) is 14.8 Å². The van der Waals surface area contributed by atoms with E-state index in [1.165, 1.54) is 29.5 Å². The zero-order valence-corrected chi connectivity index (χ0v) is 16.4. The molecule has 144 valence electrons. The Morgan fingerprint density at radius 1 is 1.14 bits per heavy atom. The Labute approximate surface area is 171 Å². The number of nitrogens with one attached hydrogen (secondary N) is 1. The third kappa shape index (κ3) is 4.47. The number of anilines is 1. The summed E-state index contributed by atoms with van der Waals surface area (Å²) < 4.78 is 14.7. The van der Waals surface area contributed by atoms with Crippen molar-refractivity contribution in [2.24, 2.45) is 0 Å². The van der Waals surface area contributed by atoms with Crippen LogP contribution in [0.5, 0.6) is 0 Å². The quantitative estimate of drug-likeness (QED) is 0.471. The molecule has 2 heterocycles. The fourth-order valence-corrected chi connectivity index (χ4v) is 3.55. The molecule has 2 aromatic heterocycles. The van der Waals surface area contributed by atoms with E-state index in [2.05, 4.69) is 15.4 Å². The Balaban J connectivity index is 1.55. The molecule has 1 amide bonds. The van der Waals surface area contributed by atoms with Gasteiger partial charge in [0, 0.05) is 23.1 Å². The number of rotatable bonds is 5. The molecule has 5 nitrogen and oxygen atoms in total. The van der Waals surface area contributed by atoms with Gasteiger partial charge in [0.2, 0.25) is 11.0 Å². The van der Waals surface area contributed by atoms with Gasteiger partial charge in [0.15, 0.2) is 0 Å². The zero-order valence-electron chi connectivity index (χ0n) is 15.5. The molecule has 0 saturated heterocycles. The Bertz CT molecular complexity index is 1160. The van der Waals surface area contributed by atoms with Crippen LogP contribution in [0.1, 0.15) is 11.3 Å². The number of benzene rings is 2.